The van der Waals surface area contributed by atoms with Crippen LogP contribution in [0.5, 0.6) is 0 Å². The van der Waals surface area contributed by atoms with E-state index in [9.17, 15) is 4.79 Å². The Hall–Kier alpha value is -1.61. The van der Waals surface area contributed by atoms with Crippen molar-refractivity contribution in [2.24, 2.45) is 11.8 Å². The lowest BCUT2D eigenvalue weighted by atomic mass is 9.89. The number of carbonyl (C=O) groups is 1. The van der Waals surface area contributed by atoms with Crippen molar-refractivity contribution < 1.29 is 4.79 Å². The van der Waals surface area contributed by atoms with Gasteiger partial charge in [-0.1, -0.05) is 36.4 Å². The van der Waals surface area contributed by atoms with Crippen molar-refractivity contribution in [2.45, 2.75) is 57.9 Å². The first-order valence-corrected chi connectivity index (χ1v) is 11.0. The summed E-state index contributed by atoms with van der Waals surface area (Å²) in [5.41, 5.74) is 2.75. The van der Waals surface area contributed by atoms with Gasteiger partial charge in [-0.15, -0.1) is 0 Å². The fourth-order valence-corrected chi connectivity index (χ4v) is 5.04. The molecule has 3 nitrogen and oxygen atoms in total. The first kappa shape index (κ1) is 18.7. The third-order valence-electron chi connectivity index (χ3n) is 6.85. The summed E-state index contributed by atoms with van der Waals surface area (Å²) >= 11 is 0. The van der Waals surface area contributed by atoms with Gasteiger partial charge in [-0.05, 0) is 81.0 Å². The van der Waals surface area contributed by atoms with Crippen molar-refractivity contribution in [3.8, 4) is 0 Å². The van der Waals surface area contributed by atoms with Crippen LogP contribution in [0.2, 0.25) is 0 Å². The molecule has 0 saturated carbocycles. The normalized spacial score (nSPS) is 24.0. The summed E-state index contributed by atoms with van der Waals surface area (Å²) in [5.74, 6) is 1.98. The van der Waals surface area contributed by atoms with Gasteiger partial charge >= 0.3 is 0 Å². The molecule has 0 radical (unpaired) electrons. The predicted octanol–water partition coefficient (Wildman–Crippen LogP) is 4.42. The number of benzene rings is 1. The van der Waals surface area contributed by atoms with E-state index in [1.165, 1.54) is 62.9 Å². The molecule has 1 amide bonds. The molecular weight excluding hydrogens is 332 g/mol. The van der Waals surface area contributed by atoms with E-state index in [-0.39, 0.29) is 0 Å². The minimum Gasteiger partial charge on any atom is -0.338 e. The summed E-state index contributed by atoms with van der Waals surface area (Å²) < 4.78 is 0. The number of hydrogen-bond donors (Lipinski definition) is 0. The number of fused-ring (bicyclic) bond motifs is 1. The zero-order valence-electron chi connectivity index (χ0n) is 16.6. The largest absolute Gasteiger partial charge is 0.338 e. The van der Waals surface area contributed by atoms with Crippen LogP contribution in [0, 0.1) is 11.8 Å². The first-order valence-electron chi connectivity index (χ1n) is 11.0. The fourth-order valence-electron chi connectivity index (χ4n) is 5.04. The second-order valence-corrected chi connectivity index (χ2v) is 8.77. The fraction of sp³-hybridized carbons (Fsp3) is 0.625. The number of carbonyl (C=O) groups excluding carboxylic acids is 1. The Labute approximate surface area is 164 Å². The highest BCUT2D eigenvalue weighted by molar-refractivity contribution is 5.76. The molecule has 4 rings (SSSR count). The van der Waals surface area contributed by atoms with E-state index < -0.39 is 0 Å². The van der Waals surface area contributed by atoms with E-state index in [0.29, 0.717) is 5.91 Å². The number of nitrogens with zero attached hydrogens (tertiary/aromatic N) is 2. The SMILES string of the molecule is O=C(CCC1CCN(CC2CC=CCC2)CC1)N1CCc2ccccc2C1. The Balaban J connectivity index is 1.17. The maximum absolute atomic E-state index is 12.7. The summed E-state index contributed by atoms with van der Waals surface area (Å²) in [6.07, 6.45) is 14.0. The number of piperidine rings is 1. The highest BCUT2D eigenvalue weighted by Gasteiger charge is 2.24. The van der Waals surface area contributed by atoms with Crippen molar-refractivity contribution in [3.63, 3.8) is 0 Å². The van der Waals surface area contributed by atoms with E-state index in [2.05, 4.69) is 46.2 Å². The smallest absolute Gasteiger partial charge is 0.222 e. The van der Waals surface area contributed by atoms with E-state index in [0.717, 1.165) is 44.2 Å². The maximum Gasteiger partial charge on any atom is 0.222 e. The summed E-state index contributed by atoms with van der Waals surface area (Å²) in [6.45, 7) is 5.45. The molecule has 1 aliphatic carbocycles. The molecule has 3 aliphatic rings. The van der Waals surface area contributed by atoms with Gasteiger partial charge in [0, 0.05) is 26.1 Å². The molecule has 0 spiro atoms. The third kappa shape index (κ3) is 5.01. The number of hydrogen-bond acceptors (Lipinski definition) is 2. The lowest BCUT2D eigenvalue weighted by Crippen LogP contribution is -2.38. The monoisotopic (exact) mass is 366 g/mol. The molecule has 1 saturated heterocycles. The number of likely N-dealkylation sites (tertiary alicyclic amines) is 1. The molecule has 0 aromatic heterocycles. The number of rotatable bonds is 5. The molecule has 2 heterocycles. The summed E-state index contributed by atoms with van der Waals surface area (Å²) in [5, 5.41) is 0. The van der Waals surface area contributed by atoms with Crippen molar-refractivity contribution in [1.82, 2.24) is 9.80 Å². The van der Waals surface area contributed by atoms with Gasteiger partial charge in [0.2, 0.25) is 5.91 Å². The van der Waals surface area contributed by atoms with Crippen LogP contribution in [0.25, 0.3) is 0 Å². The number of allylic oxidation sites excluding steroid dienone is 2. The average molecular weight is 367 g/mol. The Morgan fingerprint density at radius 3 is 2.56 bits per heavy atom. The molecule has 1 aromatic carbocycles. The molecule has 27 heavy (non-hydrogen) atoms. The molecule has 1 fully saturated rings. The van der Waals surface area contributed by atoms with Gasteiger partial charge < -0.3 is 9.80 Å². The van der Waals surface area contributed by atoms with Crippen molar-refractivity contribution in [2.75, 3.05) is 26.2 Å². The van der Waals surface area contributed by atoms with Crippen LogP contribution in [0.1, 0.15) is 56.1 Å². The highest BCUT2D eigenvalue weighted by Crippen LogP contribution is 2.26. The second kappa shape index (κ2) is 9.05. The van der Waals surface area contributed by atoms with E-state index >= 15 is 0 Å². The molecule has 1 atom stereocenters. The Kier molecular flexibility index (Phi) is 6.28. The van der Waals surface area contributed by atoms with E-state index in [1.807, 2.05) is 0 Å². The zero-order chi connectivity index (χ0) is 18.5. The minimum absolute atomic E-state index is 0.362. The minimum atomic E-state index is 0.362. The highest BCUT2D eigenvalue weighted by atomic mass is 16.2. The zero-order valence-corrected chi connectivity index (χ0v) is 16.6. The van der Waals surface area contributed by atoms with Crippen LogP contribution >= 0.6 is 0 Å². The molecular formula is C24H34N2O. The standard InChI is InChI=1S/C24H34N2O/c27-24(26-17-14-22-8-4-5-9-23(22)19-26)11-10-20-12-15-25(16-13-20)18-21-6-2-1-3-7-21/h1-2,4-5,8-9,20-21H,3,6-7,10-19H2. The van der Waals surface area contributed by atoms with Gasteiger partial charge in [-0.2, -0.15) is 0 Å². The maximum atomic E-state index is 12.7. The molecule has 0 bridgehead atoms. The van der Waals surface area contributed by atoms with Crippen LogP contribution in [0.15, 0.2) is 36.4 Å². The third-order valence-corrected chi connectivity index (χ3v) is 6.85. The molecule has 0 N–H and O–H groups in total. The van der Waals surface area contributed by atoms with Crippen molar-refractivity contribution >= 4 is 5.91 Å². The van der Waals surface area contributed by atoms with E-state index in [4.69, 9.17) is 0 Å². The predicted molar refractivity (Wildman–Crippen MR) is 110 cm³/mol. The topological polar surface area (TPSA) is 23.6 Å². The first-order chi connectivity index (χ1) is 13.3. The average Bonchev–Trinajstić information content (AvgIpc) is 2.73. The molecule has 1 unspecified atom stereocenters. The lowest BCUT2D eigenvalue weighted by Gasteiger charge is -2.35. The van der Waals surface area contributed by atoms with Gasteiger partial charge in [-0.25, -0.2) is 0 Å². The van der Waals surface area contributed by atoms with Crippen molar-refractivity contribution in [3.05, 3.63) is 47.5 Å². The van der Waals surface area contributed by atoms with Gasteiger partial charge in [0.05, 0.1) is 0 Å². The van der Waals surface area contributed by atoms with Crippen LogP contribution < -0.4 is 0 Å². The number of amides is 1. The molecule has 1 aromatic rings. The van der Waals surface area contributed by atoms with Gasteiger partial charge in [0.1, 0.15) is 0 Å². The van der Waals surface area contributed by atoms with Crippen molar-refractivity contribution in [1.29, 1.82) is 0 Å². The van der Waals surface area contributed by atoms with Gasteiger partial charge in [0.15, 0.2) is 0 Å². The summed E-state index contributed by atoms with van der Waals surface area (Å²) in [7, 11) is 0. The molecule has 2 aliphatic heterocycles. The second-order valence-electron chi connectivity index (χ2n) is 8.77. The Bertz CT molecular complexity index is 660. The summed E-state index contributed by atoms with van der Waals surface area (Å²) in [6, 6.07) is 8.57. The molecule has 3 heteroatoms. The van der Waals surface area contributed by atoms with Crippen LogP contribution in [0.4, 0.5) is 0 Å². The van der Waals surface area contributed by atoms with Crippen LogP contribution in [-0.4, -0.2) is 41.9 Å². The quantitative estimate of drug-likeness (QED) is 0.720. The lowest BCUT2D eigenvalue weighted by molar-refractivity contribution is -0.132. The summed E-state index contributed by atoms with van der Waals surface area (Å²) in [4.78, 5) is 17.4. The Morgan fingerprint density at radius 2 is 1.78 bits per heavy atom. The van der Waals surface area contributed by atoms with Crippen LogP contribution in [0.3, 0.4) is 0 Å². The van der Waals surface area contributed by atoms with Gasteiger partial charge in [-0.3, -0.25) is 4.79 Å². The Morgan fingerprint density at radius 1 is 0.963 bits per heavy atom. The van der Waals surface area contributed by atoms with E-state index in [1.54, 1.807) is 0 Å². The van der Waals surface area contributed by atoms with Gasteiger partial charge in [0.25, 0.3) is 0 Å². The molecule has 146 valence electrons. The van der Waals surface area contributed by atoms with Crippen LogP contribution in [-0.2, 0) is 17.8 Å².